The molecule has 0 aliphatic rings. The van der Waals surface area contributed by atoms with Crippen LogP contribution in [0.25, 0.3) is 22.7 Å². The van der Waals surface area contributed by atoms with Crippen LogP contribution in [0.2, 0.25) is 0 Å². The van der Waals surface area contributed by atoms with Crippen LogP contribution in [0.3, 0.4) is 0 Å². The number of nitrogens with one attached hydrogen (secondary N) is 2. The highest BCUT2D eigenvalue weighted by atomic mass is 19.1. The lowest BCUT2D eigenvalue weighted by Gasteiger charge is -2.09. The molecule has 10 heteroatoms. The van der Waals surface area contributed by atoms with Crippen molar-refractivity contribution < 1.29 is 9.18 Å². The number of hydrogen-bond donors (Lipinski definition) is 2. The van der Waals surface area contributed by atoms with Crippen LogP contribution in [0.4, 0.5) is 10.2 Å². The summed E-state index contributed by atoms with van der Waals surface area (Å²) in [6.07, 6.45) is 1.58. The van der Waals surface area contributed by atoms with Gasteiger partial charge < -0.3 is 5.32 Å². The molecule has 0 saturated carbocycles. The van der Waals surface area contributed by atoms with E-state index in [1.54, 1.807) is 13.0 Å². The molecule has 1 amide bonds. The normalized spacial score (nSPS) is 11.1. The fourth-order valence-electron chi connectivity index (χ4n) is 3.50. The van der Waals surface area contributed by atoms with E-state index in [-0.39, 0.29) is 35.1 Å². The standard InChI is InChI=1S/C23H18FN7O2/c1-14-11-19(26-20(32)12-15-5-3-2-4-6-15)31(29-14)23-27-21-18(22(33)28-23)13-25-30(21)17-9-7-16(24)8-10-17/h2-11,13H,12H2,1H3,(H,26,32)(H,27,28,33). The lowest BCUT2D eigenvalue weighted by Crippen LogP contribution is -2.20. The number of aromatic nitrogens is 6. The zero-order chi connectivity index (χ0) is 22.9. The molecule has 0 aliphatic carbocycles. The van der Waals surface area contributed by atoms with E-state index in [2.05, 4.69) is 25.5 Å². The average molecular weight is 443 g/mol. The Balaban J connectivity index is 1.53. The van der Waals surface area contributed by atoms with E-state index < -0.39 is 5.56 Å². The third-order valence-electron chi connectivity index (χ3n) is 5.00. The van der Waals surface area contributed by atoms with Crippen LogP contribution in [0.1, 0.15) is 11.3 Å². The van der Waals surface area contributed by atoms with Crippen molar-refractivity contribution in [3.8, 4) is 11.6 Å². The van der Waals surface area contributed by atoms with Gasteiger partial charge in [-0.15, -0.1) is 0 Å². The van der Waals surface area contributed by atoms with E-state index in [0.717, 1.165) is 5.56 Å². The number of aromatic amines is 1. The SMILES string of the molecule is Cc1cc(NC(=O)Cc2ccccc2)n(-c2nc3c(cnn3-c3ccc(F)cc3)c(=O)[nH]2)n1. The van der Waals surface area contributed by atoms with Crippen molar-refractivity contribution in [3.63, 3.8) is 0 Å². The summed E-state index contributed by atoms with van der Waals surface area (Å²) in [7, 11) is 0. The number of anilines is 1. The Bertz CT molecular complexity index is 1520. The van der Waals surface area contributed by atoms with Gasteiger partial charge in [-0.25, -0.2) is 9.07 Å². The number of benzene rings is 2. The minimum absolute atomic E-state index is 0.111. The highest BCUT2D eigenvalue weighted by Crippen LogP contribution is 2.18. The number of fused-ring (bicyclic) bond motifs is 1. The molecule has 0 saturated heterocycles. The van der Waals surface area contributed by atoms with Crippen molar-refractivity contribution in [2.75, 3.05) is 5.32 Å². The maximum absolute atomic E-state index is 13.3. The molecule has 0 fully saturated rings. The van der Waals surface area contributed by atoms with Gasteiger partial charge in [0.2, 0.25) is 11.9 Å². The fraction of sp³-hybridized carbons (Fsp3) is 0.0870. The maximum Gasteiger partial charge on any atom is 0.263 e. The Morgan fingerprint density at radius 2 is 1.85 bits per heavy atom. The first-order valence-electron chi connectivity index (χ1n) is 10.1. The predicted molar refractivity (Wildman–Crippen MR) is 120 cm³/mol. The van der Waals surface area contributed by atoms with Crippen LogP contribution in [0.5, 0.6) is 0 Å². The van der Waals surface area contributed by atoms with Crippen molar-refractivity contribution >= 4 is 22.8 Å². The third kappa shape index (κ3) is 4.01. The first-order chi connectivity index (χ1) is 16.0. The quantitative estimate of drug-likeness (QED) is 0.434. The zero-order valence-electron chi connectivity index (χ0n) is 17.5. The summed E-state index contributed by atoms with van der Waals surface area (Å²) >= 11 is 0. The Morgan fingerprint density at radius 3 is 2.61 bits per heavy atom. The number of H-pyrrole nitrogens is 1. The zero-order valence-corrected chi connectivity index (χ0v) is 17.5. The monoisotopic (exact) mass is 443 g/mol. The molecule has 0 aliphatic heterocycles. The number of carbonyl (C=O) groups excluding carboxylic acids is 1. The van der Waals surface area contributed by atoms with E-state index in [1.807, 2.05) is 30.3 Å². The second-order valence-electron chi connectivity index (χ2n) is 7.45. The number of rotatable bonds is 5. The molecule has 2 aromatic carbocycles. The second kappa shape index (κ2) is 8.15. The molecule has 2 N–H and O–H groups in total. The molecule has 0 spiro atoms. The maximum atomic E-state index is 13.3. The van der Waals surface area contributed by atoms with Crippen LogP contribution in [-0.2, 0) is 11.2 Å². The van der Waals surface area contributed by atoms with Crippen molar-refractivity contribution in [3.05, 3.63) is 94.3 Å². The summed E-state index contributed by atoms with van der Waals surface area (Å²) in [4.78, 5) is 32.5. The van der Waals surface area contributed by atoms with Crippen LogP contribution in [0.15, 0.2) is 71.7 Å². The number of carbonyl (C=O) groups is 1. The predicted octanol–water partition coefficient (Wildman–Crippen LogP) is 2.92. The number of hydrogen-bond acceptors (Lipinski definition) is 5. The smallest absolute Gasteiger partial charge is 0.263 e. The summed E-state index contributed by atoms with van der Waals surface area (Å²) in [6, 6.07) is 16.7. The van der Waals surface area contributed by atoms with Gasteiger partial charge in [-0.2, -0.15) is 19.9 Å². The van der Waals surface area contributed by atoms with Crippen LogP contribution < -0.4 is 10.9 Å². The Kier molecular flexibility index (Phi) is 5.02. The Hall–Kier alpha value is -4.60. The molecule has 0 radical (unpaired) electrons. The first kappa shape index (κ1) is 20.3. The van der Waals surface area contributed by atoms with Gasteiger partial charge in [0.15, 0.2) is 5.65 Å². The molecule has 0 atom stereocenters. The first-order valence-corrected chi connectivity index (χ1v) is 10.1. The Labute approximate surface area is 186 Å². The molecule has 3 aromatic heterocycles. The topological polar surface area (TPSA) is 110 Å². The van der Waals surface area contributed by atoms with E-state index in [0.29, 0.717) is 17.2 Å². The second-order valence-corrected chi connectivity index (χ2v) is 7.45. The third-order valence-corrected chi connectivity index (χ3v) is 5.00. The lowest BCUT2D eigenvalue weighted by atomic mass is 10.1. The average Bonchev–Trinajstić information content (AvgIpc) is 3.38. The van der Waals surface area contributed by atoms with Gasteiger partial charge in [-0.1, -0.05) is 30.3 Å². The molecule has 0 unspecified atom stereocenters. The van der Waals surface area contributed by atoms with Crippen molar-refractivity contribution in [2.45, 2.75) is 13.3 Å². The Morgan fingerprint density at radius 1 is 1.09 bits per heavy atom. The molecular weight excluding hydrogens is 425 g/mol. The highest BCUT2D eigenvalue weighted by Gasteiger charge is 2.17. The highest BCUT2D eigenvalue weighted by molar-refractivity contribution is 5.91. The van der Waals surface area contributed by atoms with Gasteiger partial charge in [-0.05, 0) is 36.8 Å². The molecular formula is C23H18FN7O2. The van der Waals surface area contributed by atoms with Gasteiger partial charge in [0.25, 0.3) is 5.56 Å². The largest absolute Gasteiger partial charge is 0.310 e. The van der Waals surface area contributed by atoms with Gasteiger partial charge in [0.1, 0.15) is 17.0 Å². The molecule has 0 bridgehead atoms. The van der Waals surface area contributed by atoms with E-state index in [4.69, 9.17) is 0 Å². The van der Waals surface area contributed by atoms with Gasteiger partial charge in [0, 0.05) is 6.07 Å². The lowest BCUT2D eigenvalue weighted by molar-refractivity contribution is -0.115. The van der Waals surface area contributed by atoms with Crippen LogP contribution in [-0.4, -0.2) is 35.4 Å². The summed E-state index contributed by atoms with van der Waals surface area (Å²) in [6.45, 7) is 1.77. The van der Waals surface area contributed by atoms with E-state index in [9.17, 15) is 14.0 Å². The number of halogens is 1. The van der Waals surface area contributed by atoms with Crippen LogP contribution in [0, 0.1) is 12.7 Å². The molecule has 33 heavy (non-hydrogen) atoms. The van der Waals surface area contributed by atoms with E-state index >= 15 is 0 Å². The number of aryl methyl sites for hydroxylation is 1. The summed E-state index contributed by atoms with van der Waals surface area (Å²) < 4.78 is 16.1. The van der Waals surface area contributed by atoms with E-state index in [1.165, 1.54) is 39.8 Å². The summed E-state index contributed by atoms with van der Waals surface area (Å²) in [5.74, 6) is -0.144. The van der Waals surface area contributed by atoms with Crippen molar-refractivity contribution in [1.82, 2.24) is 29.5 Å². The van der Waals surface area contributed by atoms with Gasteiger partial charge in [-0.3, -0.25) is 14.6 Å². The van der Waals surface area contributed by atoms with Gasteiger partial charge in [0.05, 0.1) is 24.0 Å². The molecule has 164 valence electrons. The van der Waals surface area contributed by atoms with Crippen molar-refractivity contribution in [2.24, 2.45) is 0 Å². The summed E-state index contributed by atoms with van der Waals surface area (Å²) in [5, 5.41) is 11.7. The number of amides is 1. The molecule has 9 nitrogen and oxygen atoms in total. The molecule has 3 heterocycles. The van der Waals surface area contributed by atoms with Gasteiger partial charge >= 0.3 is 0 Å². The number of nitrogens with zero attached hydrogens (tertiary/aromatic N) is 5. The fourth-order valence-corrected chi connectivity index (χ4v) is 3.50. The van der Waals surface area contributed by atoms with Crippen molar-refractivity contribution in [1.29, 1.82) is 0 Å². The molecule has 5 rings (SSSR count). The minimum atomic E-state index is -0.418. The molecule has 5 aromatic rings. The summed E-state index contributed by atoms with van der Waals surface area (Å²) in [5.41, 5.74) is 1.89. The van der Waals surface area contributed by atoms with Crippen LogP contribution >= 0.6 is 0 Å². The minimum Gasteiger partial charge on any atom is -0.310 e.